The number of hydrogen-bond acceptors (Lipinski definition) is 4. The third kappa shape index (κ3) is 2.38. The number of nitrogen functional groups attached to an aromatic ring is 1. The lowest BCUT2D eigenvalue weighted by Crippen LogP contribution is -2.01. The first-order valence-electron chi connectivity index (χ1n) is 6.78. The number of imidazole rings is 1. The Morgan fingerprint density at radius 1 is 1.14 bits per heavy atom. The lowest BCUT2D eigenvalue weighted by atomic mass is 10.2. The van der Waals surface area contributed by atoms with Gasteiger partial charge in [-0.1, -0.05) is 6.07 Å². The van der Waals surface area contributed by atoms with E-state index in [1.807, 2.05) is 54.0 Å². The molecule has 0 unspecified atom stereocenters. The molecule has 0 radical (unpaired) electrons. The van der Waals surface area contributed by atoms with Crippen molar-refractivity contribution in [2.45, 2.75) is 6.92 Å². The molecule has 0 saturated carbocycles. The number of fused-ring (bicyclic) bond motifs is 1. The van der Waals surface area contributed by atoms with Gasteiger partial charge in [-0.3, -0.25) is 4.57 Å². The number of benzene rings is 2. The van der Waals surface area contributed by atoms with Crippen LogP contribution in [-0.2, 0) is 0 Å². The van der Waals surface area contributed by atoms with Crippen molar-refractivity contribution in [1.29, 1.82) is 0 Å². The van der Waals surface area contributed by atoms with Crippen LogP contribution in [0.5, 0.6) is 11.5 Å². The summed E-state index contributed by atoms with van der Waals surface area (Å²) in [7, 11) is 1.63. The maximum atomic E-state index is 6.07. The van der Waals surface area contributed by atoms with Gasteiger partial charge < -0.3 is 15.2 Å². The highest BCUT2D eigenvalue weighted by Crippen LogP contribution is 2.27. The van der Waals surface area contributed by atoms with Gasteiger partial charge in [-0.05, 0) is 31.2 Å². The SMILES string of the molecule is CCOc1cccc(-n2c(N)nc3cc(OC)ccc32)c1. The number of nitrogens with zero attached hydrogens (tertiary/aromatic N) is 2. The van der Waals surface area contributed by atoms with E-state index in [1.54, 1.807) is 7.11 Å². The Hall–Kier alpha value is -2.69. The van der Waals surface area contributed by atoms with Crippen LogP contribution in [0, 0.1) is 0 Å². The van der Waals surface area contributed by atoms with E-state index in [4.69, 9.17) is 15.2 Å². The summed E-state index contributed by atoms with van der Waals surface area (Å²) in [6, 6.07) is 13.5. The van der Waals surface area contributed by atoms with Crippen LogP contribution in [0.4, 0.5) is 5.95 Å². The summed E-state index contributed by atoms with van der Waals surface area (Å²) in [6.45, 7) is 2.58. The zero-order valence-corrected chi connectivity index (χ0v) is 12.0. The van der Waals surface area contributed by atoms with Gasteiger partial charge in [0.2, 0.25) is 5.95 Å². The van der Waals surface area contributed by atoms with Crippen molar-refractivity contribution < 1.29 is 9.47 Å². The van der Waals surface area contributed by atoms with E-state index in [0.717, 1.165) is 28.2 Å². The molecule has 5 heteroatoms. The Bertz CT molecular complexity index is 780. The molecule has 2 N–H and O–H groups in total. The predicted molar refractivity (Wildman–Crippen MR) is 83.2 cm³/mol. The standard InChI is InChI=1S/C16H17N3O2/c1-3-21-13-6-4-5-11(9-13)19-15-8-7-12(20-2)10-14(15)18-16(19)17/h4-10H,3H2,1-2H3,(H2,17,18). The number of aromatic nitrogens is 2. The Labute approximate surface area is 122 Å². The first-order chi connectivity index (χ1) is 10.2. The van der Waals surface area contributed by atoms with Gasteiger partial charge in [0.15, 0.2) is 0 Å². The molecule has 1 heterocycles. The van der Waals surface area contributed by atoms with Crippen molar-refractivity contribution >= 4 is 17.0 Å². The lowest BCUT2D eigenvalue weighted by Gasteiger charge is -2.09. The van der Waals surface area contributed by atoms with Gasteiger partial charge in [0.05, 0.1) is 30.4 Å². The smallest absolute Gasteiger partial charge is 0.205 e. The fourth-order valence-corrected chi connectivity index (χ4v) is 2.36. The molecule has 0 amide bonds. The van der Waals surface area contributed by atoms with E-state index in [2.05, 4.69) is 4.98 Å². The van der Waals surface area contributed by atoms with E-state index >= 15 is 0 Å². The second kappa shape index (κ2) is 5.36. The van der Waals surface area contributed by atoms with Crippen LogP contribution in [0.15, 0.2) is 42.5 Å². The molecule has 0 fully saturated rings. The summed E-state index contributed by atoms with van der Waals surface area (Å²) < 4.78 is 12.7. The number of methoxy groups -OCH3 is 1. The van der Waals surface area contributed by atoms with Gasteiger partial charge in [-0.25, -0.2) is 4.98 Å². The third-order valence-corrected chi connectivity index (χ3v) is 3.27. The minimum absolute atomic E-state index is 0.437. The van der Waals surface area contributed by atoms with Gasteiger partial charge >= 0.3 is 0 Å². The van der Waals surface area contributed by atoms with Gasteiger partial charge in [0, 0.05) is 12.1 Å². The molecule has 0 aliphatic carbocycles. The summed E-state index contributed by atoms with van der Waals surface area (Å²) >= 11 is 0. The van der Waals surface area contributed by atoms with Crippen LogP contribution in [0.3, 0.4) is 0 Å². The van der Waals surface area contributed by atoms with Gasteiger partial charge in [0.25, 0.3) is 0 Å². The van der Waals surface area contributed by atoms with Crippen molar-refractivity contribution in [2.75, 3.05) is 19.5 Å². The monoisotopic (exact) mass is 283 g/mol. The van der Waals surface area contributed by atoms with E-state index in [-0.39, 0.29) is 0 Å². The Kier molecular flexibility index (Phi) is 3.39. The first-order valence-corrected chi connectivity index (χ1v) is 6.78. The highest BCUT2D eigenvalue weighted by Gasteiger charge is 2.11. The molecule has 0 aliphatic rings. The number of anilines is 1. The number of hydrogen-bond donors (Lipinski definition) is 1. The van der Waals surface area contributed by atoms with Gasteiger partial charge in [-0.2, -0.15) is 0 Å². The lowest BCUT2D eigenvalue weighted by molar-refractivity contribution is 0.340. The van der Waals surface area contributed by atoms with Crippen molar-refractivity contribution in [3.8, 4) is 17.2 Å². The van der Waals surface area contributed by atoms with Crippen molar-refractivity contribution in [3.63, 3.8) is 0 Å². The van der Waals surface area contributed by atoms with Crippen LogP contribution in [-0.4, -0.2) is 23.3 Å². The van der Waals surface area contributed by atoms with E-state index < -0.39 is 0 Å². The van der Waals surface area contributed by atoms with Crippen molar-refractivity contribution in [3.05, 3.63) is 42.5 Å². The predicted octanol–water partition coefficient (Wildman–Crippen LogP) is 3.02. The summed E-state index contributed by atoms with van der Waals surface area (Å²) in [5, 5.41) is 0. The van der Waals surface area contributed by atoms with Crippen LogP contribution >= 0.6 is 0 Å². The van der Waals surface area contributed by atoms with Crippen LogP contribution in [0.1, 0.15) is 6.92 Å². The normalized spacial score (nSPS) is 10.8. The van der Waals surface area contributed by atoms with Crippen LogP contribution in [0.2, 0.25) is 0 Å². The third-order valence-electron chi connectivity index (χ3n) is 3.27. The number of rotatable bonds is 4. The molecular formula is C16H17N3O2. The molecule has 5 nitrogen and oxygen atoms in total. The van der Waals surface area contributed by atoms with E-state index in [1.165, 1.54) is 0 Å². The summed E-state index contributed by atoms with van der Waals surface area (Å²) in [4.78, 5) is 4.39. The van der Waals surface area contributed by atoms with E-state index in [0.29, 0.717) is 12.6 Å². The van der Waals surface area contributed by atoms with Crippen molar-refractivity contribution in [1.82, 2.24) is 9.55 Å². The van der Waals surface area contributed by atoms with Crippen LogP contribution in [0.25, 0.3) is 16.7 Å². The minimum atomic E-state index is 0.437. The largest absolute Gasteiger partial charge is 0.497 e. The average Bonchev–Trinajstić information content (AvgIpc) is 2.82. The number of nitrogens with two attached hydrogens (primary N) is 1. The topological polar surface area (TPSA) is 62.3 Å². The molecule has 0 spiro atoms. The van der Waals surface area contributed by atoms with E-state index in [9.17, 15) is 0 Å². The molecule has 0 atom stereocenters. The number of ether oxygens (including phenoxy) is 2. The average molecular weight is 283 g/mol. The Balaban J connectivity index is 2.15. The zero-order chi connectivity index (χ0) is 14.8. The highest BCUT2D eigenvalue weighted by molar-refractivity contribution is 5.82. The second-order valence-electron chi connectivity index (χ2n) is 4.59. The first kappa shape index (κ1) is 13.3. The fourth-order valence-electron chi connectivity index (χ4n) is 2.36. The van der Waals surface area contributed by atoms with Gasteiger partial charge in [0.1, 0.15) is 11.5 Å². The van der Waals surface area contributed by atoms with Crippen LogP contribution < -0.4 is 15.2 Å². The summed E-state index contributed by atoms with van der Waals surface area (Å²) in [5.41, 5.74) is 8.73. The summed E-state index contributed by atoms with van der Waals surface area (Å²) in [5.74, 6) is 2.01. The van der Waals surface area contributed by atoms with Gasteiger partial charge in [-0.15, -0.1) is 0 Å². The molecule has 3 rings (SSSR count). The quantitative estimate of drug-likeness (QED) is 0.799. The maximum absolute atomic E-state index is 6.07. The second-order valence-corrected chi connectivity index (χ2v) is 4.59. The molecule has 0 bridgehead atoms. The molecular weight excluding hydrogens is 266 g/mol. The minimum Gasteiger partial charge on any atom is -0.497 e. The fraction of sp³-hybridized carbons (Fsp3) is 0.188. The summed E-state index contributed by atoms with van der Waals surface area (Å²) in [6.07, 6.45) is 0. The Morgan fingerprint density at radius 2 is 2.00 bits per heavy atom. The molecule has 0 saturated heterocycles. The molecule has 21 heavy (non-hydrogen) atoms. The Morgan fingerprint density at radius 3 is 2.76 bits per heavy atom. The molecule has 2 aromatic carbocycles. The molecule has 3 aromatic rings. The molecule has 1 aromatic heterocycles. The maximum Gasteiger partial charge on any atom is 0.205 e. The molecule has 0 aliphatic heterocycles. The molecule has 108 valence electrons. The highest BCUT2D eigenvalue weighted by atomic mass is 16.5. The zero-order valence-electron chi connectivity index (χ0n) is 12.0. The van der Waals surface area contributed by atoms with Crippen molar-refractivity contribution in [2.24, 2.45) is 0 Å².